The minimum absolute atomic E-state index is 0.0837. The molecule has 4 unspecified atom stereocenters. The molecule has 1 aromatic carbocycles. The van der Waals surface area contributed by atoms with E-state index in [2.05, 4.69) is 43.4 Å². The molecule has 21 heavy (non-hydrogen) atoms. The zero-order valence-electron chi connectivity index (χ0n) is 12.9. The Hall–Kier alpha value is -1.35. The molecule has 1 fully saturated rings. The number of fused-ring (bicyclic) bond motifs is 3. The Morgan fingerprint density at radius 3 is 2.86 bits per heavy atom. The van der Waals surface area contributed by atoms with E-state index in [-0.39, 0.29) is 24.5 Å². The third-order valence-corrected chi connectivity index (χ3v) is 5.21. The van der Waals surface area contributed by atoms with Crippen LogP contribution >= 0.6 is 0 Å². The SMILES string of the molecule is CC(C)C(CCO)NC(=O)C1C2CCc3ccccc3C21. The molecular formula is C18H25NO2. The maximum Gasteiger partial charge on any atom is 0.224 e. The Balaban J connectivity index is 1.68. The lowest BCUT2D eigenvalue weighted by molar-refractivity contribution is -0.123. The zero-order chi connectivity index (χ0) is 15.0. The molecule has 1 amide bonds. The molecule has 0 spiro atoms. The van der Waals surface area contributed by atoms with E-state index in [1.54, 1.807) is 0 Å². The van der Waals surface area contributed by atoms with E-state index in [1.165, 1.54) is 11.1 Å². The number of carbonyl (C=O) groups excluding carboxylic acids is 1. The number of hydrogen-bond acceptors (Lipinski definition) is 2. The summed E-state index contributed by atoms with van der Waals surface area (Å²) in [5.74, 6) is 1.65. The Labute approximate surface area is 126 Å². The fraction of sp³-hybridized carbons (Fsp3) is 0.611. The number of hydrogen-bond donors (Lipinski definition) is 2. The fourth-order valence-corrected chi connectivity index (χ4v) is 3.91. The number of aliphatic hydroxyl groups excluding tert-OH is 1. The number of nitrogens with one attached hydrogen (secondary N) is 1. The largest absolute Gasteiger partial charge is 0.396 e. The van der Waals surface area contributed by atoms with Gasteiger partial charge in [-0.05, 0) is 48.1 Å². The number of amides is 1. The summed E-state index contributed by atoms with van der Waals surface area (Å²) in [4.78, 5) is 12.6. The number of aryl methyl sites for hydroxylation is 1. The Bertz CT molecular complexity index is 526. The Morgan fingerprint density at radius 2 is 2.14 bits per heavy atom. The molecule has 0 aromatic heterocycles. The monoisotopic (exact) mass is 287 g/mol. The van der Waals surface area contributed by atoms with Crippen molar-refractivity contribution in [2.24, 2.45) is 17.8 Å². The summed E-state index contributed by atoms with van der Waals surface area (Å²) in [7, 11) is 0. The molecule has 0 aliphatic heterocycles. The van der Waals surface area contributed by atoms with Crippen molar-refractivity contribution in [3.63, 3.8) is 0 Å². The first-order valence-electron chi connectivity index (χ1n) is 8.12. The normalized spacial score (nSPS) is 27.7. The average molecular weight is 287 g/mol. The van der Waals surface area contributed by atoms with Crippen molar-refractivity contribution < 1.29 is 9.90 Å². The Kier molecular flexibility index (Phi) is 4.03. The topological polar surface area (TPSA) is 49.3 Å². The molecule has 2 N–H and O–H groups in total. The molecule has 2 aliphatic rings. The van der Waals surface area contributed by atoms with E-state index in [9.17, 15) is 4.79 Å². The number of carbonyl (C=O) groups is 1. The van der Waals surface area contributed by atoms with Gasteiger partial charge in [-0.1, -0.05) is 38.1 Å². The van der Waals surface area contributed by atoms with Gasteiger partial charge in [0.05, 0.1) is 0 Å². The van der Waals surface area contributed by atoms with Crippen LogP contribution in [0.4, 0.5) is 0 Å². The molecular weight excluding hydrogens is 262 g/mol. The highest BCUT2D eigenvalue weighted by atomic mass is 16.3. The van der Waals surface area contributed by atoms with Gasteiger partial charge in [-0.25, -0.2) is 0 Å². The summed E-state index contributed by atoms with van der Waals surface area (Å²) >= 11 is 0. The third-order valence-electron chi connectivity index (χ3n) is 5.21. The first kappa shape index (κ1) is 14.6. The van der Waals surface area contributed by atoms with Crippen LogP contribution in [0.1, 0.15) is 43.7 Å². The number of benzene rings is 1. The standard InChI is InChI=1S/C18H25NO2/c1-11(2)15(9-10-20)19-18(21)17-14-8-7-12-5-3-4-6-13(12)16(14)17/h3-6,11,14-17,20H,7-10H2,1-2H3,(H,19,21). The van der Waals surface area contributed by atoms with Crippen LogP contribution in [0.15, 0.2) is 24.3 Å². The average Bonchev–Trinajstić information content (AvgIpc) is 3.21. The maximum atomic E-state index is 12.6. The minimum Gasteiger partial charge on any atom is -0.396 e. The van der Waals surface area contributed by atoms with Gasteiger partial charge in [0.2, 0.25) is 5.91 Å². The van der Waals surface area contributed by atoms with Crippen LogP contribution in [-0.4, -0.2) is 23.7 Å². The lowest BCUT2D eigenvalue weighted by Gasteiger charge is -2.21. The molecule has 0 bridgehead atoms. The van der Waals surface area contributed by atoms with E-state index in [4.69, 9.17) is 5.11 Å². The van der Waals surface area contributed by atoms with Gasteiger partial charge in [-0.3, -0.25) is 4.79 Å². The molecule has 1 saturated carbocycles. The van der Waals surface area contributed by atoms with Crippen LogP contribution in [0.25, 0.3) is 0 Å². The van der Waals surface area contributed by atoms with Gasteiger partial charge in [0, 0.05) is 18.6 Å². The van der Waals surface area contributed by atoms with Gasteiger partial charge < -0.3 is 10.4 Å². The highest BCUT2D eigenvalue weighted by Crippen LogP contribution is 2.59. The van der Waals surface area contributed by atoms with Crippen molar-refractivity contribution in [1.29, 1.82) is 0 Å². The fourth-order valence-electron chi connectivity index (χ4n) is 3.91. The van der Waals surface area contributed by atoms with Gasteiger partial charge in [-0.2, -0.15) is 0 Å². The highest BCUT2D eigenvalue weighted by molar-refractivity contribution is 5.84. The van der Waals surface area contributed by atoms with Crippen LogP contribution in [0.2, 0.25) is 0 Å². The zero-order valence-corrected chi connectivity index (χ0v) is 12.9. The third kappa shape index (κ3) is 2.71. The van der Waals surface area contributed by atoms with Crippen molar-refractivity contribution >= 4 is 5.91 Å². The summed E-state index contributed by atoms with van der Waals surface area (Å²) in [5, 5.41) is 12.3. The van der Waals surface area contributed by atoms with Crippen molar-refractivity contribution in [3.05, 3.63) is 35.4 Å². The summed E-state index contributed by atoms with van der Waals surface area (Å²) in [6.45, 7) is 4.31. The summed E-state index contributed by atoms with van der Waals surface area (Å²) in [5.41, 5.74) is 2.81. The molecule has 0 heterocycles. The molecule has 4 atom stereocenters. The van der Waals surface area contributed by atoms with E-state index >= 15 is 0 Å². The van der Waals surface area contributed by atoms with Gasteiger partial charge >= 0.3 is 0 Å². The molecule has 114 valence electrons. The number of aliphatic hydroxyl groups is 1. The van der Waals surface area contributed by atoms with Crippen molar-refractivity contribution in [1.82, 2.24) is 5.32 Å². The molecule has 3 nitrogen and oxygen atoms in total. The second kappa shape index (κ2) is 5.80. The van der Waals surface area contributed by atoms with Crippen LogP contribution in [0.3, 0.4) is 0 Å². The van der Waals surface area contributed by atoms with Crippen LogP contribution in [0.5, 0.6) is 0 Å². The van der Waals surface area contributed by atoms with Gasteiger partial charge in [0.1, 0.15) is 0 Å². The number of rotatable bonds is 5. The van der Waals surface area contributed by atoms with Gasteiger partial charge in [-0.15, -0.1) is 0 Å². The van der Waals surface area contributed by atoms with Crippen LogP contribution in [0, 0.1) is 17.8 Å². The highest BCUT2D eigenvalue weighted by Gasteiger charge is 2.57. The van der Waals surface area contributed by atoms with Crippen LogP contribution < -0.4 is 5.32 Å². The molecule has 3 heteroatoms. The quantitative estimate of drug-likeness (QED) is 0.874. The summed E-state index contributed by atoms with van der Waals surface area (Å²) < 4.78 is 0. The van der Waals surface area contributed by atoms with E-state index in [0.29, 0.717) is 24.2 Å². The van der Waals surface area contributed by atoms with E-state index < -0.39 is 0 Å². The first-order valence-corrected chi connectivity index (χ1v) is 8.12. The van der Waals surface area contributed by atoms with Gasteiger partial charge in [0.25, 0.3) is 0 Å². The van der Waals surface area contributed by atoms with Crippen LogP contribution in [-0.2, 0) is 11.2 Å². The smallest absolute Gasteiger partial charge is 0.224 e. The van der Waals surface area contributed by atoms with E-state index in [0.717, 1.165) is 12.8 Å². The molecule has 0 saturated heterocycles. The molecule has 0 radical (unpaired) electrons. The van der Waals surface area contributed by atoms with Crippen molar-refractivity contribution in [2.45, 2.75) is 45.1 Å². The predicted molar refractivity (Wildman–Crippen MR) is 83.0 cm³/mol. The van der Waals surface area contributed by atoms with Crippen molar-refractivity contribution in [2.75, 3.05) is 6.61 Å². The first-order chi connectivity index (χ1) is 10.1. The van der Waals surface area contributed by atoms with Crippen molar-refractivity contribution in [3.8, 4) is 0 Å². The lowest BCUT2D eigenvalue weighted by Crippen LogP contribution is -2.40. The minimum atomic E-state index is 0.0837. The molecule has 1 aromatic rings. The summed E-state index contributed by atoms with van der Waals surface area (Å²) in [6.07, 6.45) is 2.87. The molecule has 2 aliphatic carbocycles. The lowest BCUT2D eigenvalue weighted by atomic mass is 9.92. The maximum absolute atomic E-state index is 12.6. The molecule has 3 rings (SSSR count). The Morgan fingerprint density at radius 1 is 1.38 bits per heavy atom. The second-order valence-electron chi connectivity index (χ2n) is 6.82. The second-order valence-corrected chi connectivity index (χ2v) is 6.82. The van der Waals surface area contributed by atoms with E-state index in [1.807, 2.05) is 0 Å². The predicted octanol–water partition coefficient (Wildman–Crippen LogP) is 2.49. The van der Waals surface area contributed by atoms with Gasteiger partial charge in [0.15, 0.2) is 0 Å². The summed E-state index contributed by atoms with van der Waals surface area (Å²) in [6, 6.07) is 8.64.